The highest BCUT2D eigenvalue weighted by Crippen LogP contribution is 2.32. The zero-order valence-electron chi connectivity index (χ0n) is 11.5. The van der Waals surface area contributed by atoms with Gasteiger partial charge >= 0.3 is 0 Å². The Hall–Kier alpha value is -1.26. The molecule has 0 bridgehead atoms. The Bertz CT molecular complexity index is 402. The molecule has 0 spiro atoms. The van der Waals surface area contributed by atoms with Gasteiger partial charge in [-0.2, -0.15) is 0 Å². The predicted molar refractivity (Wildman–Crippen MR) is 75.2 cm³/mol. The first kappa shape index (κ1) is 14.2. The number of hydrogen-bond donors (Lipinski definition) is 2. The molecule has 2 atom stereocenters. The van der Waals surface area contributed by atoms with Gasteiger partial charge in [-0.25, -0.2) is 0 Å². The van der Waals surface area contributed by atoms with Crippen molar-refractivity contribution in [1.29, 1.82) is 0 Å². The van der Waals surface area contributed by atoms with Gasteiger partial charge < -0.3 is 20.3 Å². The van der Waals surface area contributed by atoms with E-state index in [9.17, 15) is 5.11 Å². The van der Waals surface area contributed by atoms with Crippen molar-refractivity contribution in [3.05, 3.63) is 23.8 Å². The fourth-order valence-corrected chi connectivity index (χ4v) is 2.60. The molecular weight excluding hydrogens is 242 g/mol. The molecule has 19 heavy (non-hydrogen) atoms. The van der Waals surface area contributed by atoms with E-state index in [4.69, 9.17) is 15.2 Å². The molecule has 1 aliphatic rings. The Labute approximate surface area is 114 Å². The fraction of sp³-hybridized carbons (Fsp3) is 0.600. The van der Waals surface area contributed by atoms with Crippen LogP contribution in [-0.2, 0) is 4.74 Å². The van der Waals surface area contributed by atoms with E-state index < -0.39 is 6.10 Å². The van der Waals surface area contributed by atoms with E-state index >= 15 is 0 Å². The first-order valence-corrected chi connectivity index (χ1v) is 6.94. The second-order valence-corrected chi connectivity index (χ2v) is 5.04. The zero-order valence-corrected chi connectivity index (χ0v) is 11.5. The number of aliphatic hydroxyl groups is 1. The minimum absolute atomic E-state index is 0.384. The van der Waals surface area contributed by atoms with Crippen LogP contribution in [0.5, 0.6) is 5.75 Å². The van der Waals surface area contributed by atoms with Crippen LogP contribution in [0, 0.1) is 0 Å². The third-order valence-corrected chi connectivity index (χ3v) is 3.71. The maximum Gasteiger partial charge on any atom is 0.142 e. The summed E-state index contributed by atoms with van der Waals surface area (Å²) in [4.78, 5) is 0. The van der Waals surface area contributed by atoms with Gasteiger partial charge in [0.25, 0.3) is 0 Å². The van der Waals surface area contributed by atoms with E-state index in [1.54, 1.807) is 13.2 Å². The lowest BCUT2D eigenvalue weighted by Crippen LogP contribution is -2.07. The summed E-state index contributed by atoms with van der Waals surface area (Å²) in [6.07, 6.45) is 4.83. The molecule has 1 aliphatic heterocycles. The number of nitrogen functional groups attached to an aromatic ring is 1. The van der Waals surface area contributed by atoms with E-state index in [1.807, 2.05) is 12.1 Å². The number of para-hydroxylation sites is 1. The maximum atomic E-state index is 10.2. The SMILES string of the molecule is COc1cccc(C(O)CCCC2CCCO2)c1N. The van der Waals surface area contributed by atoms with E-state index in [2.05, 4.69) is 0 Å². The van der Waals surface area contributed by atoms with Gasteiger partial charge in [0.15, 0.2) is 0 Å². The van der Waals surface area contributed by atoms with Crippen LogP contribution in [0.25, 0.3) is 0 Å². The molecule has 0 saturated carbocycles. The lowest BCUT2D eigenvalue weighted by Gasteiger charge is -2.16. The summed E-state index contributed by atoms with van der Waals surface area (Å²) in [5.74, 6) is 0.621. The van der Waals surface area contributed by atoms with Gasteiger partial charge in [-0.15, -0.1) is 0 Å². The Morgan fingerprint density at radius 3 is 3.05 bits per heavy atom. The number of methoxy groups -OCH3 is 1. The monoisotopic (exact) mass is 265 g/mol. The summed E-state index contributed by atoms with van der Waals surface area (Å²) in [5, 5.41) is 10.2. The van der Waals surface area contributed by atoms with Gasteiger partial charge in [0.2, 0.25) is 0 Å². The summed E-state index contributed by atoms with van der Waals surface area (Å²) in [6.45, 7) is 0.885. The quantitative estimate of drug-likeness (QED) is 0.776. The molecule has 0 aromatic heterocycles. The van der Waals surface area contributed by atoms with Crippen molar-refractivity contribution in [2.75, 3.05) is 19.5 Å². The highest BCUT2D eigenvalue weighted by atomic mass is 16.5. The van der Waals surface area contributed by atoms with Crippen LogP contribution in [0.2, 0.25) is 0 Å². The summed E-state index contributed by atoms with van der Waals surface area (Å²) >= 11 is 0. The molecule has 0 radical (unpaired) electrons. The molecule has 106 valence electrons. The number of rotatable bonds is 6. The van der Waals surface area contributed by atoms with Crippen LogP contribution in [0.15, 0.2) is 18.2 Å². The van der Waals surface area contributed by atoms with Crippen molar-refractivity contribution in [2.45, 2.75) is 44.3 Å². The molecule has 1 aromatic rings. The average Bonchev–Trinajstić information content (AvgIpc) is 2.92. The van der Waals surface area contributed by atoms with E-state index in [0.717, 1.165) is 37.9 Å². The lowest BCUT2D eigenvalue weighted by atomic mass is 10.00. The number of aliphatic hydroxyl groups excluding tert-OH is 1. The van der Waals surface area contributed by atoms with Gasteiger partial charge in [0.05, 0.1) is 25.0 Å². The van der Waals surface area contributed by atoms with Gasteiger partial charge in [0.1, 0.15) is 5.75 Å². The first-order chi connectivity index (χ1) is 9.22. The van der Waals surface area contributed by atoms with Crippen molar-refractivity contribution in [2.24, 2.45) is 0 Å². The van der Waals surface area contributed by atoms with Gasteiger partial charge in [-0.3, -0.25) is 0 Å². The van der Waals surface area contributed by atoms with Crippen molar-refractivity contribution in [3.63, 3.8) is 0 Å². The molecule has 1 heterocycles. The van der Waals surface area contributed by atoms with Gasteiger partial charge in [-0.1, -0.05) is 12.1 Å². The summed E-state index contributed by atoms with van der Waals surface area (Å²) < 4.78 is 10.7. The number of anilines is 1. The molecule has 1 aromatic carbocycles. The maximum absolute atomic E-state index is 10.2. The Morgan fingerprint density at radius 1 is 1.53 bits per heavy atom. The van der Waals surface area contributed by atoms with Crippen LogP contribution in [-0.4, -0.2) is 24.9 Å². The van der Waals surface area contributed by atoms with E-state index in [0.29, 0.717) is 24.0 Å². The van der Waals surface area contributed by atoms with Crippen molar-refractivity contribution in [3.8, 4) is 5.75 Å². The lowest BCUT2D eigenvalue weighted by molar-refractivity contribution is 0.0945. The number of benzene rings is 1. The minimum atomic E-state index is -0.531. The molecule has 1 fully saturated rings. The smallest absolute Gasteiger partial charge is 0.142 e. The van der Waals surface area contributed by atoms with Gasteiger partial charge in [0, 0.05) is 12.2 Å². The highest BCUT2D eigenvalue weighted by Gasteiger charge is 2.17. The Kier molecular flexibility index (Phi) is 5.05. The summed E-state index contributed by atoms with van der Waals surface area (Å²) in [5.41, 5.74) is 7.27. The normalized spacial score (nSPS) is 20.4. The zero-order chi connectivity index (χ0) is 13.7. The van der Waals surface area contributed by atoms with Crippen LogP contribution in [0.4, 0.5) is 5.69 Å². The topological polar surface area (TPSA) is 64.7 Å². The molecule has 0 aliphatic carbocycles. The van der Waals surface area contributed by atoms with Crippen molar-refractivity contribution < 1.29 is 14.6 Å². The average molecular weight is 265 g/mol. The molecular formula is C15H23NO3. The fourth-order valence-electron chi connectivity index (χ4n) is 2.60. The first-order valence-electron chi connectivity index (χ1n) is 6.94. The van der Waals surface area contributed by atoms with Crippen molar-refractivity contribution in [1.82, 2.24) is 0 Å². The molecule has 1 saturated heterocycles. The number of nitrogens with two attached hydrogens (primary N) is 1. The molecule has 4 nitrogen and oxygen atoms in total. The largest absolute Gasteiger partial charge is 0.495 e. The minimum Gasteiger partial charge on any atom is -0.495 e. The summed E-state index contributed by atoms with van der Waals surface area (Å²) in [6, 6.07) is 5.51. The highest BCUT2D eigenvalue weighted by molar-refractivity contribution is 5.59. The molecule has 2 rings (SSSR count). The van der Waals surface area contributed by atoms with Crippen LogP contribution >= 0.6 is 0 Å². The third-order valence-electron chi connectivity index (χ3n) is 3.71. The van der Waals surface area contributed by atoms with Crippen LogP contribution in [0.1, 0.15) is 43.8 Å². The van der Waals surface area contributed by atoms with E-state index in [1.165, 1.54) is 0 Å². The molecule has 3 N–H and O–H groups in total. The Balaban J connectivity index is 1.86. The molecule has 4 heteroatoms. The third kappa shape index (κ3) is 3.61. The summed E-state index contributed by atoms with van der Waals surface area (Å²) in [7, 11) is 1.58. The van der Waals surface area contributed by atoms with Crippen LogP contribution < -0.4 is 10.5 Å². The predicted octanol–water partition coefficient (Wildman–Crippen LogP) is 2.66. The molecule has 2 unspecified atom stereocenters. The number of hydrogen-bond acceptors (Lipinski definition) is 4. The van der Waals surface area contributed by atoms with Crippen molar-refractivity contribution >= 4 is 5.69 Å². The molecule has 0 amide bonds. The Morgan fingerprint density at radius 2 is 2.37 bits per heavy atom. The second-order valence-electron chi connectivity index (χ2n) is 5.04. The second kappa shape index (κ2) is 6.78. The number of ether oxygens (including phenoxy) is 2. The van der Waals surface area contributed by atoms with Crippen LogP contribution in [0.3, 0.4) is 0 Å². The van der Waals surface area contributed by atoms with Gasteiger partial charge in [-0.05, 0) is 38.2 Å². The standard InChI is InChI=1S/C15H23NO3/c1-18-14-9-3-7-12(15(14)16)13(17)8-2-5-11-6-4-10-19-11/h3,7,9,11,13,17H,2,4-6,8,10,16H2,1H3. The van der Waals surface area contributed by atoms with E-state index in [-0.39, 0.29) is 0 Å².